The lowest BCUT2D eigenvalue weighted by Crippen LogP contribution is -2.39. The van der Waals surface area contributed by atoms with Gasteiger partial charge < -0.3 is 20.9 Å². The van der Waals surface area contributed by atoms with E-state index in [1.54, 1.807) is 6.92 Å². The predicted octanol–water partition coefficient (Wildman–Crippen LogP) is 1.58. The Kier molecular flexibility index (Phi) is 4.49. The second-order valence-corrected chi connectivity index (χ2v) is 5.42. The molecule has 4 N–H and O–H groups in total. The van der Waals surface area contributed by atoms with Gasteiger partial charge >= 0.3 is 0 Å². The van der Waals surface area contributed by atoms with Crippen molar-refractivity contribution >= 4 is 5.96 Å². The van der Waals surface area contributed by atoms with Crippen LogP contribution in [0.15, 0.2) is 29.3 Å². The molecule has 5 heteroatoms. The summed E-state index contributed by atoms with van der Waals surface area (Å²) in [5.74, 6) is 1.25. The minimum Gasteiger partial charge on any atom is -0.493 e. The van der Waals surface area contributed by atoms with Gasteiger partial charge in [-0.2, -0.15) is 0 Å². The molecule has 1 aromatic rings. The number of benzene rings is 1. The summed E-state index contributed by atoms with van der Waals surface area (Å²) in [7, 11) is 0. The van der Waals surface area contributed by atoms with E-state index in [2.05, 4.69) is 10.3 Å². The number of ether oxygens (including phenoxy) is 1. The Morgan fingerprint density at radius 2 is 2.30 bits per heavy atom. The molecule has 0 aromatic heterocycles. The Bertz CT molecular complexity index is 486. The summed E-state index contributed by atoms with van der Waals surface area (Å²) in [5.41, 5.74) is 6.20. The van der Waals surface area contributed by atoms with E-state index in [9.17, 15) is 5.11 Å². The first-order valence-electron chi connectivity index (χ1n) is 7.02. The van der Waals surface area contributed by atoms with Crippen molar-refractivity contribution in [2.45, 2.75) is 38.3 Å². The van der Waals surface area contributed by atoms with Crippen LogP contribution in [-0.2, 0) is 0 Å². The van der Waals surface area contributed by atoms with E-state index in [0.717, 1.165) is 17.7 Å². The summed E-state index contributed by atoms with van der Waals surface area (Å²) < 4.78 is 5.61. The molecule has 2 atom stereocenters. The predicted molar refractivity (Wildman–Crippen MR) is 79.8 cm³/mol. The summed E-state index contributed by atoms with van der Waals surface area (Å²) in [4.78, 5) is 4.23. The molecule has 110 valence electrons. The summed E-state index contributed by atoms with van der Waals surface area (Å²) in [6.07, 6.45) is 1.49. The number of para-hydroxylation sites is 1. The van der Waals surface area contributed by atoms with Gasteiger partial charge in [0.1, 0.15) is 5.75 Å². The van der Waals surface area contributed by atoms with Crippen LogP contribution < -0.4 is 15.8 Å². The first-order valence-corrected chi connectivity index (χ1v) is 7.02. The monoisotopic (exact) mass is 277 g/mol. The molecular formula is C15H23N3O2. The van der Waals surface area contributed by atoms with Gasteiger partial charge in [-0.15, -0.1) is 0 Å². The van der Waals surface area contributed by atoms with E-state index in [0.29, 0.717) is 25.5 Å². The van der Waals surface area contributed by atoms with Gasteiger partial charge in [0.25, 0.3) is 0 Å². The number of nitrogens with two attached hydrogens (primary N) is 1. The molecule has 0 saturated carbocycles. The maximum absolute atomic E-state index is 9.93. The van der Waals surface area contributed by atoms with Gasteiger partial charge in [-0.25, -0.2) is 0 Å². The molecule has 1 heterocycles. The number of fused-ring (bicyclic) bond motifs is 1. The fraction of sp³-hybridized carbons (Fsp3) is 0.533. The van der Waals surface area contributed by atoms with Crippen molar-refractivity contribution in [1.29, 1.82) is 0 Å². The average molecular weight is 277 g/mol. The van der Waals surface area contributed by atoms with Crippen molar-refractivity contribution in [1.82, 2.24) is 5.32 Å². The summed E-state index contributed by atoms with van der Waals surface area (Å²) in [5, 5.41) is 13.1. The summed E-state index contributed by atoms with van der Waals surface area (Å²) >= 11 is 0. The van der Waals surface area contributed by atoms with E-state index in [-0.39, 0.29) is 6.04 Å². The minimum atomic E-state index is -0.806. The molecule has 0 bridgehead atoms. The molecule has 2 rings (SSSR count). The van der Waals surface area contributed by atoms with Crippen molar-refractivity contribution in [3.8, 4) is 5.75 Å². The Labute approximate surface area is 119 Å². The zero-order valence-electron chi connectivity index (χ0n) is 12.1. The maximum Gasteiger partial charge on any atom is 0.189 e. The van der Waals surface area contributed by atoms with Crippen LogP contribution >= 0.6 is 0 Å². The first kappa shape index (κ1) is 14.7. The van der Waals surface area contributed by atoms with Gasteiger partial charge in [0.2, 0.25) is 0 Å². The molecule has 0 spiro atoms. The van der Waals surface area contributed by atoms with Crippen molar-refractivity contribution in [2.75, 3.05) is 13.2 Å². The van der Waals surface area contributed by atoms with Crippen molar-refractivity contribution in [2.24, 2.45) is 10.7 Å². The zero-order valence-corrected chi connectivity index (χ0v) is 12.1. The minimum absolute atomic E-state index is 0.107. The van der Waals surface area contributed by atoms with Crippen LogP contribution in [0.1, 0.15) is 38.3 Å². The van der Waals surface area contributed by atoms with Gasteiger partial charge in [-0.1, -0.05) is 25.1 Å². The number of guanidine groups is 1. The molecule has 5 nitrogen and oxygen atoms in total. The largest absolute Gasteiger partial charge is 0.493 e. The average Bonchev–Trinajstić information content (AvgIpc) is 2.46. The maximum atomic E-state index is 9.93. The van der Waals surface area contributed by atoms with Crippen LogP contribution in [0.2, 0.25) is 0 Å². The first-order chi connectivity index (χ1) is 9.52. The smallest absolute Gasteiger partial charge is 0.189 e. The van der Waals surface area contributed by atoms with Gasteiger partial charge in [0, 0.05) is 12.0 Å². The molecule has 1 aliphatic rings. The van der Waals surface area contributed by atoms with Crippen molar-refractivity contribution in [3.63, 3.8) is 0 Å². The van der Waals surface area contributed by atoms with Gasteiger partial charge in [0.05, 0.1) is 24.8 Å². The van der Waals surface area contributed by atoms with Crippen LogP contribution in [0.4, 0.5) is 0 Å². The lowest BCUT2D eigenvalue weighted by Gasteiger charge is -2.27. The van der Waals surface area contributed by atoms with Crippen LogP contribution in [-0.4, -0.2) is 29.8 Å². The van der Waals surface area contributed by atoms with Gasteiger partial charge in [-0.05, 0) is 19.4 Å². The number of hydrogen-bond acceptors (Lipinski definition) is 3. The highest BCUT2D eigenvalue weighted by atomic mass is 16.5. The van der Waals surface area contributed by atoms with Crippen LogP contribution in [0.25, 0.3) is 0 Å². The highest BCUT2D eigenvalue weighted by molar-refractivity contribution is 5.78. The third-order valence-corrected chi connectivity index (χ3v) is 3.63. The number of aliphatic hydroxyl groups is 1. The summed E-state index contributed by atoms with van der Waals surface area (Å²) in [6.45, 7) is 4.64. The number of rotatable bonds is 4. The summed E-state index contributed by atoms with van der Waals surface area (Å²) in [6, 6.07) is 8.03. The molecule has 1 aliphatic heterocycles. The molecule has 0 fully saturated rings. The normalized spacial score (nSPS) is 21.6. The molecule has 0 saturated heterocycles. The Balaban J connectivity index is 2.02. The third-order valence-electron chi connectivity index (χ3n) is 3.63. The Morgan fingerprint density at radius 3 is 3.05 bits per heavy atom. The highest BCUT2D eigenvalue weighted by Crippen LogP contribution is 2.31. The quantitative estimate of drug-likeness (QED) is 0.576. The Morgan fingerprint density at radius 1 is 1.55 bits per heavy atom. The van der Waals surface area contributed by atoms with Crippen molar-refractivity contribution in [3.05, 3.63) is 29.8 Å². The lowest BCUT2D eigenvalue weighted by molar-refractivity contribution is 0.0657. The van der Waals surface area contributed by atoms with Crippen molar-refractivity contribution < 1.29 is 9.84 Å². The molecular weight excluding hydrogens is 254 g/mol. The highest BCUT2D eigenvalue weighted by Gasteiger charge is 2.22. The van der Waals surface area contributed by atoms with Crippen LogP contribution in [0.3, 0.4) is 0 Å². The van der Waals surface area contributed by atoms with E-state index < -0.39 is 5.60 Å². The van der Waals surface area contributed by atoms with Crippen LogP contribution in [0, 0.1) is 0 Å². The number of aliphatic imine (C=N–C) groups is 1. The van der Waals surface area contributed by atoms with E-state index >= 15 is 0 Å². The van der Waals surface area contributed by atoms with E-state index in [4.69, 9.17) is 10.5 Å². The number of hydrogen-bond donors (Lipinski definition) is 3. The molecule has 2 unspecified atom stereocenters. The number of nitrogens with one attached hydrogen (secondary N) is 1. The Hall–Kier alpha value is -1.75. The van der Waals surface area contributed by atoms with Gasteiger partial charge in [0.15, 0.2) is 5.96 Å². The van der Waals surface area contributed by atoms with E-state index in [1.807, 2.05) is 31.2 Å². The SMILES string of the molecule is CCC(C)(O)CN=C(N)NC1CCOc2ccccc21. The number of nitrogens with zero attached hydrogens (tertiary/aromatic N) is 1. The molecule has 1 aromatic carbocycles. The zero-order chi connectivity index (χ0) is 14.6. The standard InChI is InChI=1S/C15H23N3O2/c1-3-15(2,19)10-17-14(16)18-12-8-9-20-13-7-5-4-6-11(12)13/h4-7,12,19H,3,8-10H2,1-2H3,(H3,16,17,18). The van der Waals surface area contributed by atoms with E-state index in [1.165, 1.54) is 0 Å². The second-order valence-electron chi connectivity index (χ2n) is 5.42. The molecule has 20 heavy (non-hydrogen) atoms. The third kappa shape index (κ3) is 3.63. The molecule has 0 radical (unpaired) electrons. The molecule has 0 amide bonds. The fourth-order valence-electron chi connectivity index (χ4n) is 2.08. The second kappa shape index (κ2) is 6.13. The lowest BCUT2D eigenvalue weighted by atomic mass is 10.0. The van der Waals surface area contributed by atoms with Gasteiger partial charge in [-0.3, -0.25) is 4.99 Å². The topological polar surface area (TPSA) is 79.9 Å². The molecule has 0 aliphatic carbocycles. The van der Waals surface area contributed by atoms with Crippen LogP contribution in [0.5, 0.6) is 5.75 Å². The fourth-order valence-corrected chi connectivity index (χ4v) is 2.08.